The highest BCUT2D eigenvalue weighted by Crippen LogP contribution is 2.42. The predicted octanol–water partition coefficient (Wildman–Crippen LogP) is 3.72. The average Bonchev–Trinajstić information content (AvgIpc) is 3.47. The fraction of sp³-hybridized carbons (Fsp3) is 0.409. The van der Waals surface area contributed by atoms with Crippen LogP contribution in [0.5, 0.6) is 5.75 Å². The van der Waals surface area contributed by atoms with E-state index in [1.165, 1.54) is 36.1 Å². The molecule has 0 amide bonds. The van der Waals surface area contributed by atoms with Gasteiger partial charge in [0, 0.05) is 36.2 Å². The highest BCUT2D eigenvalue weighted by molar-refractivity contribution is 7.92. The van der Waals surface area contributed by atoms with Crippen LogP contribution in [-0.4, -0.2) is 44.6 Å². The molecule has 1 fully saturated rings. The molecule has 0 aliphatic heterocycles. The number of hydrogen-bond acceptors (Lipinski definition) is 5. The van der Waals surface area contributed by atoms with Crippen LogP contribution in [0.2, 0.25) is 0 Å². The number of nitrogens with zero attached hydrogens (tertiary/aromatic N) is 1. The number of nitrogens with one attached hydrogen (secondary N) is 3. The SMILES string of the molecule is CC(CNCCOc1ccc2c(C3CC3)[nH]nc2c1)c1ccc(F)c(NS(C)(=O)=O)c1. The van der Waals surface area contributed by atoms with Crippen molar-refractivity contribution in [3.05, 3.63) is 53.5 Å². The maximum Gasteiger partial charge on any atom is 0.229 e. The van der Waals surface area contributed by atoms with Crippen LogP contribution < -0.4 is 14.8 Å². The van der Waals surface area contributed by atoms with Crippen molar-refractivity contribution in [2.75, 3.05) is 30.7 Å². The van der Waals surface area contributed by atoms with E-state index < -0.39 is 15.8 Å². The summed E-state index contributed by atoms with van der Waals surface area (Å²) in [6, 6.07) is 10.5. The maximum absolute atomic E-state index is 13.9. The Morgan fingerprint density at radius 3 is 2.81 bits per heavy atom. The summed E-state index contributed by atoms with van der Waals surface area (Å²) in [6.45, 7) is 3.79. The third-order valence-electron chi connectivity index (χ3n) is 5.39. The van der Waals surface area contributed by atoms with Crippen LogP contribution >= 0.6 is 0 Å². The number of rotatable bonds is 10. The Labute approximate surface area is 181 Å². The van der Waals surface area contributed by atoms with Crippen LogP contribution in [0.25, 0.3) is 10.9 Å². The standard InChI is InChI=1S/C22H27FN4O3S/c1-14(16-5-8-19(23)21(11-16)27-31(2,28)29)13-24-9-10-30-17-6-7-18-20(12-17)25-26-22(18)15-3-4-15/h5-8,11-12,14-15,24,27H,3-4,9-10,13H2,1-2H3,(H,25,26). The Balaban J connectivity index is 1.25. The first-order valence-corrected chi connectivity index (χ1v) is 12.3. The van der Waals surface area contributed by atoms with Crippen molar-refractivity contribution >= 4 is 26.6 Å². The molecule has 1 unspecified atom stereocenters. The summed E-state index contributed by atoms with van der Waals surface area (Å²) in [6.07, 6.45) is 3.46. The van der Waals surface area contributed by atoms with E-state index in [1.807, 2.05) is 19.1 Å². The molecular weight excluding hydrogens is 419 g/mol. The fourth-order valence-corrected chi connectivity index (χ4v) is 4.15. The molecule has 0 saturated heterocycles. The second-order valence-electron chi connectivity index (χ2n) is 8.16. The summed E-state index contributed by atoms with van der Waals surface area (Å²) in [5.41, 5.74) is 2.97. The van der Waals surface area contributed by atoms with Gasteiger partial charge in [-0.2, -0.15) is 5.10 Å². The van der Waals surface area contributed by atoms with Gasteiger partial charge in [0.2, 0.25) is 10.0 Å². The van der Waals surface area contributed by atoms with Gasteiger partial charge in [-0.05, 0) is 48.6 Å². The van der Waals surface area contributed by atoms with E-state index in [2.05, 4.69) is 26.3 Å². The van der Waals surface area contributed by atoms with E-state index in [1.54, 1.807) is 6.07 Å². The number of H-pyrrole nitrogens is 1. The molecule has 31 heavy (non-hydrogen) atoms. The van der Waals surface area contributed by atoms with Gasteiger partial charge in [0.25, 0.3) is 0 Å². The highest BCUT2D eigenvalue weighted by Gasteiger charge is 2.27. The van der Waals surface area contributed by atoms with Crippen LogP contribution in [0.4, 0.5) is 10.1 Å². The minimum atomic E-state index is -3.54. The molecule has 3 N–H and O–H groups in total. The normalized spacial score (nSPS) is 15.2. The first kappa shape index (κ1) is 21.6. The molecule has 0 radical (unpaired) electrons. The number of benzene rings is 2. The van der Waals surface area contributed by atoms with Crippen molar-refractivity contribution in [1.29, 1.82) is 0 Å². The second kappa shape index (κ2) is 8.84. The van der Waals surface area contributed by atoms with Crippen LogP contribution in [0, 0.1) is 5.82 Å². The molecule has 2 aromatic carbocycles. The molecule has 1 aromatic heterocycles. The van der Waals surface area contributed by atoms with Gasteiger partial charge in [-0.15, -0.1) is 0 Å². The maximum atomic E-state index is 13.9. The van der Waals surface area contributed by atoms with Gasteiger partial charge in [0.15, 0.2) is 0 Å². The molecule has 4 rings (SSSR count). The van der Waals surface area contributed by atoms with Gasteiger partial charge in [0.1, 0.15) is 18.2 Å². The lowest BCUT2D eigenvalue weighted by Crippen LogP contribution is -2.25. The number of aromatic amines is 1. The van der Waals surface area contributed by atoms with Gasteiger partial charge in [-0.3, -0.25) is 9.82 Å². The van der Waals surface area contributed by atoms with E-state index in [-0.39, 0.29) is 11.6 Å². The van der Waals surface area contributed by atoms with Crippen molar-refractivity contribution in [1.82, 2.24) is 15.5 Å². The van der Waals surface area contributed by atoms with Gasteiger partial charge in [-0.25, -0.2) is 12.8 Å². The average molecular weight is 447 g/mol. The molecular formula is C22H27FN4O3S. The predicted molar refractivity (Wildman–Crippen MR) is 120 cm³/mol. The Kier molecular flexibility index (Phi) is 6.15. The second-order valence-corrected chi connectivity index (χ2v) is 9.91. The molecule has 3 aromatic rings. The zero-order chi connectivity index (χ0) is 22.0. The fourth-order valence-electron chi connectivity index (χ4n) is 3.59. The molecule has 1 atom stereocenters. The van der Waals surface area contributed by atoms with Crippen molar-refractivity contribution < 1.29 is 17.5 Å². The Morgan fingerprint density at radius 1 is 1.26 bits per heavy atom. The van der Waals surface area contributed by atoms with E-state index in [0.717, 1.165) is 23.1 Å². The molecule has 9 heteroatoms. The quantitative estimate of drug-likeness (QED) is 0.413. The molecule has 7 nitrogen and oxygen atoms in total. The van der Waals surface area contributed by atoms with Gasteiger partial charge in [0.05, 0.1) is 17.5 Å². The zero-order valence-electron chi connectivity index (χ0n) is 17.6. The Bertz CT molecular complexity index is 1170. The van der Waals surface area contributed by atoms with Crippen molar-refractivity contribution in [3.8, 4) is 5.75 Å². The minimum Gasteiger partial charge on any atom is -0.492 e. The van der Waals surface area contributed by atoms with Crippen LogP contribution in [-0.2, 0) is 10.0 Å². The summed E-state index contributed by atoms with van der Waals surface area (Å²) in [5.74, 6) is 0.886. The number of aromatic nitrogens is 2. The summed E-state index contributed by atoms with van der Waals surface area (Å²) < 4.78 is 44.7. The lowest BCUT2D eigenvalue weighted by Gasteiger charge is -2.15. The van der Waals surface area contributed by atoms with Gasteiger partial charge in [-0.1, -0.05) is 13.0 Å². The van der Waals surface area contributed by atoms with E-state index in [0.29, 0.717) is 25.6 Å². The summed E-state index contributed by atoms with van der Waals surface area (Å²) in [4.78, 5) is 0. The number of fused-ring (bicyclic) bond motifs is 1. The smallest absolute Gasteiger partial charge is 0.229 e. The number of halogens is 1. The van der Waals surface area contributed by atoms with Gasteiger partial charge >= 0.3 is 0 Å². The minimum absolute atomic E-state index is 0.0335. The third kappa shape index (κ3) is 5.54. The topological polar surface area (TPSA) is 96.1 Å². The molecule has 1 aliphatic rings. The molecule has 1 saturated carbocycles. The lowest BCUT2D eigenvalue weighted by atomic mass is 10.0. The monoisotopic (exact) mass is 446 g/mol. The van der Waals surface area contributed by atoms with Crippen LogP contribution in [0.15, 0.2) is 36.4 Å². The third-order valence-corrected chi connectivity index (χ3v) is 5.99. The highest BCUT2D eigenvalue weighted by atomic mass is 32.2. The number of ether oxygens (including phenoxy) is 1. The Morgan fingerprint density at radius 2 is 2.06 bits per heavy atom. The van der Waals surface area contributed by atoms with E-state index >= 15 is 0 Å². The molecule has 0 bridgehead atoms. The van der Waals surface area contributed by atoms with E-state index in [4.69, 9.17) is 4.74 Å². The number of anilines is 1. The molecule has 166 valence electrons. The van der Waals surface area contributed by atoms with Crippen LogP contribution in [0.1, 0.15) is 42.9 Å². The number of sulfonamides is 1. The number of hydrogen-bond donors (Lipinski definition) is 3. The largest absolute Gasteiger partial charge is 0.492 e. The van der Waals surface area contributed by atoms with Crippen LogP contribution in [0.3, 0.4) is 0 Å². The zero-order valence-corrected chi connectivity index (χ0v) is 18.4. The lowest BCUT2D eigenvalue weighted by molar-refractivity contribution is 0.313. The summed E-state index contributed by atoms with van der Waals surface area (Å²) >= 11 is 0. The molecule has 1 aliphatic carbocycles. The first-order chi connectivity index (χ1) is 14.8. The van der Waals surface area contributed by atoms with Crippen molar-refractivity contribution in [2.45, 2.75) is 31.6 Å². The summed E-state index contributed by atoms with van der Waals surface area (Å²) in [5, 5.41) is 12.0. The first-order valence-electron chi connectivity index (χ1n) is 10.4. The van der Waals surface area contributed by atoms with Crippen molar-refractivity contribution in [2.24, 2.45) is 0 Å². The Hall–Kier alpha value is -2.65. The molecule has 1 heterocycles. The van der Waals surface area contributed by atoms with E-state index in [9.17, 15) is 12.8 Å². The van der Waals surface area contributed by atoms with Gasteiger partial charge < -0.3 is 10.1 Å². The van der Waals surface area contributed by atoms with Crippen molar-refractivity contribution in [3.63, 3.8) is 0 Å². The summed E-state index contributed by atoms with van der Waals surface area (Å²) in [7, 11) is -3.54. The molecule has 0 spiro atoms.